The third-order valence-electron chi connectivity index (χ3n) is 4.56. The van der Waals surface area contributed by atoms with E-state index in [1.807, 2.05) is 13.0 Å². The zero-order valence-electron chi connectivity index (χ0n) is 15.7. The fraction of sp³-hybridized carbons (Fsp3) is 0.429. The van der Waals surface area contributed by atoms with E-state index in [-0.39, 0.29) is 16.6 Å². The Morgan fingerprint density at radius 1 is 1.12 bits per heavy atom. The zero-order chi connectivity index (χ0) is 19.2. The lowest BCUT2D eigenvalue weighted by Gasteiger charge is -2.32. The van der Waals surface area contributed by atoms with Gasteiger partial charge < -0.3 is 10.2 Å². The molecule has 4 nitrogen and oxygen atoms in total. The Labute approximate surface area is 149 Å². The Kier molecular flexibility index (Phi) is 7.16. The highest BCUT2D eigenvalue weighted by atomic mass is 16.4. The quantitative estimate of drug-likeness (QED) is 0.522. The molecule has 0 aromatic heterocycles. The summed E-state index contributed by atoms with van der Waals surface area (Å²) in [6, 6.07) is 0. The van der Waals surface area contributed by atoms with Gasteiger partial charge in [-0.15, -0.1) is 0 Å². The van der Waals surface area contributed by atoms with Gasteiger partial charge in [0, 0.05) is 6.08 Å². The van der Waals surface area contributed by atoms with Gasteiger partial charge in [0.1, 0.15) is 0 Å². The monoisotopic (exact) mass is 344 g/mol. The van der Waals surface area contributed by atoms with Crippen molar-refractivity contribution in [1.82, 2.24) is 0 Å². The van der Waals surface area contributed by atoms with Gasteiger partial charge in [-0.1, -0.05) is 43.2 Å². The maximum Gasteiger partial charge on any atom is 0.335 e. The molecule has 0 heterocycles. The summed E-state index contributed by atoms with van der Waals surface area (Å²) in [6.07, 6.45) is 11.6. The second-order valence-corrected chi connectivity index (χ2v) is 7.23. The van der Waals surface area contributed by atoms with Crippen molar-refractivity contribution < 1.29 is 19.8 Å². The lowest BCUT2D eigenvalue weighted by molar-refractivity contribution is -0.132. The van der Waals surface area contributed by atoms with Gasteiger partial charge in [-0.05, 0) is 62.7 Å². The second kappa shape index (κ2) is 8.65. The van der Waals surface area contributed by atoms with Crippen molar-refractivity contribution in [3.05, 3.63) is 58.2 Å². The van der Waals surface area contributed by atoms with E-state index in [1.165, 1.54) is 30.6 Å². The SMILES string of the molecule is CC1=C(/C=C/C(C)=C/C=C(C(=O)O)/C(C)=C\C(=O)O)C(C)(C)CCC1. The standard InChI is InChI=1S/C21H28O4/c1-14(8-10-17(20(24)25)16(3)13-19(22)23)9-11-18-15(2)7-6-12-21(18,4)5/h8-11,13H,6-7,12H2,1-5H3,(H,22,23)(H,24,25)/b11-9+,14-8+,16-13-,17-10-. The zero-order valence-corrected chi connectivity index (χ0v) is 15.7. The Bertz CT molecular complexity index is 697. The molecule has 4 heteroatoms. The molecular formula is C21H28O4. The first kappa shape index (κ1) is 20.7. The smallest absolute Gasteiger partial charge is 0.335 e. The molecule has 1 aliphatic rings. The van der Waals surface area contributed by atoms with Gasteiger partial charge in [-0.2, -0.15) is 0 Å². The minimum Gasteiger partial charge on any atom is -0.478 e. The molecule has 0 fully saturated rings. The van der Waals surface area contributed by atoms with Crippen molar-refractivity contribution in [3.63, 3.8) is 0 Å². The normalized spacial score (nSPS) is 19.5. The number of carboxylic acids is 2. The fourth-order valence-electron chi connectivity index (χ4n) is 3.13. The van der Waals surface area contributed by atoms with E-state index < -0.39 is 11.9 Å². The molecule has 0 saturated carbocycles. The van der Waals surface area contributed by atoms with E-state index in [0.29, 0.717) is 0 Å². The summed E-state index contributed by atoms with van der Waals surface area (Å²) in [5.74, 6) is -2.30. The van der Waals surface area contributed by atoms with Crippen molar-refractivity contribution in [3.8, 4) is 0 Å². The van der Waals surface area contributed by atoms with Crippen LogP contribution in [0.4, 0.5) is 0 Å². The second-order valence-electron chi connectivity index (χ2n) is 7.23. The van der Waals surface area contributed by atoms with Crippen molar-refractivity contribution in [2.75, 3.05) is 0 Å². The highest BCUT2D eigenvalue weighted by Gasteiger charge is 2.26. The minimum absolute atomic E-state index is 0.0245. The number of carbonyl (C=O) groups is 2. The Balaban J connectivity index is 3.07. The van der Waals surface area contributed by atoms with Crippen LogP contribution < -0.4 is 0 Å². The molecule has 136 valence electrons. The molecule has 0 aromatic carbocycles. The van der Waals surface area contributed by atoms with E-state index in [2.05, 4.69) is 26.8 Å². The van der Waals surface area contributed by atoms with E-state index in [4.69, 9.17) is 5.11 Å². The highest BCUT2D eigenvalue weighted by Crippen LogP contribution is 2.40. The van der Waals surface area contributed by atoms with Crippen LogP contribution in [0.5, 0.6) is 0 Å². The summed E-state index contributed by atoms with van der Waals surface area (Å²) >= 11 is 0. The van der Waals surface area contributed by atoms with Gasteiger partial charge in [-0.25, -0.2) is 9.59 Å². The summed E-state index contributed by atoms with van der Waals surface area (Å²) in [4.78, 5) is 22.0. The molecule has 0 saturated heterocycles. The largest absolute Gasteiger partial charge is 0.478 e. The Morgan fingerprint density at radius 2 is 1.76 bits per heavy atom. The van der Waals surface area contributed by atoms with Crippen LogP contribution in [0.2, 0.25) is 0 Å². The van der Waals surface area contributed by atoms with Gasteiger partial charge >= 0.3 is 11.9 Å². The number of aliphatic carboxylic acids is 2. The van der Waals surface area contributed by atoms with Crippen molar-refractivity contribution in [2.45, 2.75) is 53.9 Å². The van der Waals surface area contributed by atoms with Crippen LogP contribution in [0.3, 0.4) is 0 Å². The molecule has 0 aromatic rings. The van der Waals surface area contributed by atoms with Crippen LogP contribution in [0.1, 0.15) is 53.9 Å². The fourth-order valence-corrected chi connectivity index (χ4v) is 3.13. The lowest BCUT2D eigenvalue weighted by atomic mass is 9.72. The number of hydrogen-bond donors (Lipinski definition) is 2. The van der Waals surface area contributed by atoms with Crippen LogP contribution in [-0.4, -0.2) is 22.2 Å². The summed E-state index contributed by atoms with van der Waals surface area (Å²) in [6.45, 7) is 10.0. The average Bonchev–Trinajstić information content (AvgIpc) is 2.44. The first-order chi connectivity index (χ1) is 11.5. The lowest BCUT2D eigenvalue weighted by Crippen LogP contribution is -2.19. The summed E-state index contributed by atoms with van der Waals surface area (Å²) in [7, 11) is 0. The van der Waals surface area contributed by atoms with E-state index in [9.17, 15) is 14.7 Å². The van der Waals surface area contributed by atoms with Crippen molar-refractivity contribution >= 4 is 11.9 Å². The molecule has 0 spiro atoms. The third-order valence-corrected chi connectivity index (χ3v) is 4.56. The van der Waals surface area contributed by atoms with Gasteiger partial charge in [0.05, 0.1) is 5.57 Å². The Hall–Kier alpha value is -2.36. The summed E-state index contributed by atoms with van der Waals surface area (Å²) < 4.78 is 0. The molecule has 0 aliphatic heterocycles. The predicted octanol–water partition coefficient (Wildman–Crippen LogP) is 5.06. The van der Waals surface area contributed by atoms with Gasteiger partial charge in [0.25, 0.3) is 0 Å². The number of rotatable bonds is 6. The molecule has 25 heavy (non-hydrogen) atoms. The van der Waals surface area contributed by atoms with E-state index in [1.54, 1.807) is 6.08 Å². The minimum atomic E-state index is -1.16. The Morgan fingerprint density at radius 3 is 2.28 bits per heavy atom. The predicted molar refractivity (Wildman–Crippen MR) is 100 cm³/mol. The number of allylic oxidation sites excluding steroid dienone is 7. The third kappa shape index (κ3) is 6.22. The van der Waals surface area contributed by atoms with Crippen molar-refractivity contribution in [1.29, 1.82) is 0 Å². The van der Waals surface area contributed by atoms with E-state index in [0.717, 1.165) is 24.5 Å². The van der Waals surface area contributed by atoms with Gasteiger partial charge in [-0.3, -0.25) is 0 Å². The molecule has 0 atom stereocenters. The highest BCUT2D eigenvalue weighted by molar-refractivity contribution is 5.94. The molecule has 1 aliphatic carbocycles. The van der Waals surface area contributed by atoms with Crippen molar-refractivity contribution in [2.24, 2.45) is 5.41 Å². The molecule has 0 bridgehead atoms. The average molecular weight is 344 g/mol. The van der Waals surface area contributed by atoms with Crippen LogP contribution in [0, 0.1) is 5.41 Å². The molecule has 2 N–H and O–H groups in total. The van der Waals surface area contributed by atoms with Gasteiger partial charge in [0.2, 0.25) is 0 Å². The molecule has 0 radical (unpaired) electrons. The molecule has 0 unspecified atom stereocenters. The maximum absolute atomic E-state index is 11.3. The van der Waals surface area contributed by atoms with Crippen LogP contribution >= 0.6 is 0 Å². The molecule has 0 amide bonds. The van der Waals surface area contributed by atoms with Gasteiger partial charge in [0.15, 0.2) is 0 Å². The summed E-state index contributed by atoms with van der Waals surface area (Å²) in [5.41, 5.74) is 3.99. The van der Waals surface area contributed by atoms with E-state index >= 15 is 0 Å². The first-order valence-corrected chi connectivity index (χ1v) is 8.46. The summed E-state index contributed by atoms with van der Waals surface area (Å²) in [5, 5.41) is 18.0. The number of carboxylic acid groups (broad SMARTS) is 2. The first-order valence-electron chi connectivity index (χ1n) is 8.46. The molecular weight excluding hydrogens is 316 g/mol. The van der Waals surface area contributed by atoms with Crippen LogP contribution in [0.25, 0.3) is 0 Å². The van der Waals surface area contributed by atoms with Crippen LogP contribution in [0.15, 0.2) is 58.2 Å². The van der Waals surface area contributed by atoms with Crippen LogP contribution in [-0.2, 0) is 9.59 Å². The number of hydrogen-bond acceptors (Lipinski definition) is 2. The maximum atomic E-state index is 11.3. The topological polar surface area (TPSA) is 74.6 Å². The molecule has 1 rings (SSSR count).